The lowest BCUT2D eigenvalue weighted by molar-refractivity contribution is 0.804. The number of hydrogen-bond acceptors (Lipinski definition) is 1. The van der Waals surface area contributed by atoms with Crippen molar-refractivity contribution in [2.75, 3.05) is 6.66 Å². The summed E-state index contributed by atoms with van der Waals surface area (Å²) in [6.07, 6.45) is 12.0. The molecule has 1 aliphatic rings. The molecule has 1 unspecified atom stereocenters. The first-order chi connectivity index (χ1) is 10.2. The van der Waals surface area contributed by atoms with Gasteiger partial charge in [0.15, 0.2) is 0 Å². The first-order valence-corrected chi connectivity index (χ1v) is 10.4. The van der Waals surface area contributed by atoms with Gasteiger partial charge in [-0.25, -0.2) is 0 Å². The molecule has 1 nitrogen and oxygen atoms in total. The lowest BCUT2D eigenvalue weighted by Gasteiger charge is -2.25. The first kappa shape index (κ1) is 16.3. The molecule has 0 fully saturated rings. The molecule has 21 heavy (non-hydrogen) atoms. The van der Waals surface area contributed by atoms with Crippen LogP contribution in [-0.2, 0) is 0 Å². The van der Waals surface area contributed by atoms with E-state index in [1.54, 1.807) is 5.29 Å². The molecule has 1 aromatic carbocycles. The number of unbranched alkanes of at least 4 members (excludes halogenated alkanes) is 2. The summed E-state index contributed by atoms with van der Waals surface area (Å²) in [7, 11) is -1.52. The Balaban J connectivity index is 2.41. The third-order valence-corrected chi connectivity index (χ3v) is 7.58. The van der Waals surface area contributed by atoms with Crippen molar-refractivity contribution in [3.05, 3.63) is 42.0 Å². The smallest absolute Gasteiger partial charge is 0.0291 e. The summed E-state index contributed by atoms with van der Waals surface area (Å²) in [6.45, 7) is 6.90. The van der Waals surface area contributed by atoms with Crippen LogP contribution in [0.5, 0.6) is 0 Å². The van der Waals surface area contributed by atoms with Crippen molar-refractivity contribution < 1.29 is 0 Å². The summed E-state index contributed by atoms with van der Waals surface area (Å²) >= 11 is 0. The Labute approximate surface area is 130 Å². The molecule has 0 spiro atoms. The highest BCUT2D eigenvalue weighted by atomic mass is 31.2. The summed E-state index contributed by atoms with van der Waals surface area (Å²) in [5, 5.41) is 3.00. The highest BCUT2D eigenvalue weighted by molar-refractivity contribution is 7.81. The Hall–Kier alpha value is -1.07. The van der Waals surface area contributed by atoms with Crippen LogP contribution in [-0.4, -0.2) is 18.2 Å². The van der Waals surface area contributed by atoms with Crippen LogP contribution in [0.15, 0.2) is 46.7 Å². The molecule has 0 aliphatic carbocycles. The molecular formula is C19H28NP. The van der Waals surface area contributed by atoms with Crippen LogP contribution >= 0.6 is 7.04 Å². The van der Waals surface area contributed by atoms with Crippen molar-refractivity contribution in [1.29, 1.82) is 0 Å². The molecule has 114 valence electrons. The van der Waals surface area contributed by atoms with Gasteiger partial charge in [-0.15, -0.1) is 0 Å². The minimum absolute atomic E-state index is 1.17. The normalized spacial score (nSPS) is 21.5. The van der Waals surface area contributed by atoms with Gasteiger partial charge in [0.25, 0.3) is 0 Å². The van der Waals surface area contributed by atoms with E-state index in [0.717, 1.165) is 0 Å². The summed E-state index contributed by atoms with van der Waals surface area (Å²) in [5.74, 6) is 0. The molecule has 0 amide bonds. The molecule has 1 heterocycles. The molecule has 2 rings (SSSR count). The Kier molecular flexibility index (Phi) is 6.06. The number of benzene rings is 1. The highest BCUT2D eigenvalue weighted by Gasteiger charge is 2.20. The van der Waals surface area contributed by atoms with Crippen molar-refractivity contribution in [2.24, 2.45) is 4.76 Å². The van der Waals surface area contributed by atoms with E-state index in [4.69, 9.17) is 4.76 Å². The average molecular weight is 301 g/mol. The second-order valence-electron chi connectivity index (χ2n) is 5.96. The predicted octanol–water partition coefficient (Wildman–Crippen LogP) is 5.44. The van der Waals surface area contributed by atoms with Crippen LogP contribution < -0.4 is 5.30 Å². The van der Waals surface area contributed by atoms with Crippen LogP contribution in [0.3, 0.4) is 0 Å². The number of rotatable bonds is 7. The third kappa shape index (κ3) is 3.98. The number of hydrogen-bond donors (Lipinski definition) is 0. The van der Waals surface area contributed by atoms with Crippen molar-refractivity contribution in [1.82, 2.24) is 0 Å². The third-order valence-electron chi connectivity index (χ3n) is 4.23. The second-order valence-corrected chi connectivity index (χ2v) is 9.20. The van der Waals surface area contributed by atoms with Gasteiger partial charge >= 0.3 is 0 Å². The molecule has 1 aliphatic heterocycles. The summed E-state index contributed by atoms with van der Waals surface area (Å²) < 4.78 is 5.08. The molecule has 1 atom stereocenters. The number of allylic oxidation sites excluding steroid dienone is 2. The Morgan fingerprint density at radius 3 is 2.29 bits per heavy atom. The standard InChI is InChI=1S/C19H28NP/c1-4-6-11-17-15-19(12-7-5-2)21(3,20-16-17)18-13-9-8-10-14-18/h8-10,13-16H,4-7,11-12H2,1-3H3. The van der Waals surface area contributed by atoms with E-state index in [1.165, 1.54) is 49.4 Å². The Bertz CT molecular complexity index is 566. The second kappa shape index (κ2) is 7.80. The van der Waals surface area contributed by atoms with E-state index in [1.807, 2.05) is 0 Å². The lowest BCUT2D eigenvalue weighted by atomic mass is 10.1. The molecular weight excluding hydrogens is 273 g/mol. The van der Waals surface area contributed by atoms with E-state index >= 15 is 0 Å². The van der Waals surface area contributed by atoms with Gasteiger partial charge in [0, 0.05) is 13.3 Å². The highest BCUT2D eigenvalue weighted by Crippen LogP contribution is 2.48. The number of nitrogens with zero attached hydrogens (tertiary/aromatic N) is 1. The van der Waals surface area contributed by atoms with Crippen molar-refractivity contribution in [3.63, 3.8) is 0 Å². The van der Waals surface area contributed by atoms with Gasteiger partial charge in [0.2, 0.25) is 0 Å². The maximum absolute atomic E-state index is 5.08. The zero-order valence-electron chi connectivity index (χ0n) is 13.7. The van der Waals surface area contributed by atoms with Gasteiger partial charge < -0.3 is 0 Å². The fourth-order valence-electron chi connectivity index (χ4n) is 2.76. The quantitative estimate of drug-likeness (QED) is 0.595. The Morgan fingerprint density at radius 1 is 0.952 bits per heavy atom. The van der Waals surface area contributed by atoms with E-state index in [2.05, 4.69) is 63.1 Å². The van der Waals surface area contributed by atoms with Crippen LogP contribution in [0.2, 0.25) is 0 Å². The maximum Gasteiger partial charge on any atom is 0.0291 e. The summed E-state index contributed by atoms with van der Waals surface area (Å²) in [6, 6.07) is 10.9. The predicted molar refractivity (Wildman–Crippen MR) is 99.6 cm³/mol. The minimum atomic E-state index is -1.52. The molecule has 0 bridgehead atoms. The average Bonchev–Trinajstić information content (AvgIpc) is 2.53. The fourth-order valence-corrected chi connectivity index (χ4v) is 5.51. The molecule has 0 aromatic heterocycles. The molecule has 0 saturated heterocycles. The van der Waals surface area contributed by atoms with Gasteiger partial charge in [0.05, 0.1) is 0 Å². The van der Waals surface area contributed by atoms with Gasteiger partial charge in [-0.1, -0.05) is 63.1 Å². The monoisotopic (exact) mass is 301 g/mol. The van der Waals surface area contributed by atoms with Gasteiger partial charge in [0.1, 0.15) is 0 Å². The molecule has 1 aromatic rings. The minimum Gasteiger partial charge on any atom is -0.267 e. The Morgan fingerprint density at radius 2 is 1.62 bits per heavy atom. The van der Waals surface area contributed by atoms with Crippen molar-refractivity contribution in [2.45, 2.75) is 52.4 Å². The van der Waals surface area contributed by atoms with Crippen molar-refractivity contribution in [3.8, 4) is 0 Å². The van der Waals surface area contributed by atoms with Crippen molar-refractivity contribution >= 4 is 23.8 Å². The molecule has 0 N–H and O–H groups in total. The van der Waals surface area contributed by atoms with Gasteiger partial charge in [-0.3, -0.25) is 4.76 Å². The summed E-state index contributed by atoms with van der Waals surface area (Å²) in [4.78, 5) is 0. The van der Waals surface area contributed by atoms with Crippen LogP contribution in [0.4, 0.5) is 0 Å². The zero-order valence-corrected chi connectivity index (χ0v) is 14.6. The molecule has 2 heteroatoms. The lowest BCUT2D eigenvalue weighted by Crippen LogP contribution is -2.13. The van der Waals surface area contributed by atoms with Crippen LogP contribution in [0, 0.1) is 0 Å². The largest absolute Gasteiger partial charge is 0.267 e. The topological polar surface area (TPSA) is 12.4 Å². The summed E-state index contributed by atoms with van der Waals surface area (Å²) in [5.41, 5.74) is 1.43. The van der Waals surface area contributed by atoms with Gasteiger partial charge in [-0.2, -0.15) is 0 Å². The zero-order chi connectivity index (χ0) is 15.1. The van der Waals surface area contributed by atoms with E-state index in [9.17, 15) is 0 Å². The van der Waals surface area contributed by atoms with Crippen LogP contribution in [0.1, 0.15) is 52.4 Å². The fraction of sp³-hybridized carbons (Fsp3) is 0.474. The SMILES string of the molecule is CCCCC1=CC(CCCC)=P(C)(c2ccccc2)N=C1. The van der Waals surface area contributed by atoms with Crippen LogP contribution in [0.25, 0.3) is 0 Å². The van der Waals surface area contributed by atoms with E-state index in [-0.39, 0.29) is 0 Å². The molecule has 0 radical (unpaired) electrons. The van der Waals surface area contributed by atoms with E-state index in [0.29, 0.717) is 0 Å². The maximum atomic E-state index is 5.08. The van der Waals surface area contributed by atoms with E-state index < -0.39 is 7.04 Å². The molecule has 0 saturated carbocycles. The first-order valence-electron chi connectivity index (χ1n) is 8.25. The van der Waals surface area contributed by atoms with Gasteiger partial charge in [-0.05, 0) is 48.5 Å².